The van der Waals surface area contributed by atoms with Crippen LogP contribution in [0.15, 0.2) is 23.5 Å². The number of ether oxygens (including phenoxy) is 1. The topological polar surface area (TPSA) is 80.7 Å². The molecule has 0 aliphatic heterocycles. The van der Waals surface area contributed by atoms with Crippen molar-refractivity contribution in [3.63, 3.8) is 0 Å². The molecular weight excluding hydrogens is 194 g/mol. The molecular formula is C10H13N3O2. The van der Waals surface area contributed by atoms with Gasteiger partial charge >= 0.3 is 0 Å². The average molecular weight is 207 g/mol. The van der Waals surface area contributed by atoms with Crippen LogP contribution in [0.4, 0.5) is 0 Å². The van der Waals surface area contributed by atoms with Gasteiger partial charge in [0.15, 0.2) is 11.5 Å². The molecule has 1 saturated carbocycles. The van der Waals surface area contributed by atoms with E-state index in [0.717, 1.165) is 12.8 Å². The first-order valence-corrected chi connectivity index (χ1v) is 4.91. The molecule has 0 unspecified atom stereocenters. The van der Waals surface area contributed by atoms with Crippen LogP contribution < -0.4 is 10.5 Å². The molecule has 0 amide bonds. The van der Waals surface area contributed by atoms with Gasteiger partial charge in [-0.2, -0.15) is 0 Å². The van der Waals surface area contributed by atoms with Crippen molar-refractivity contribution in [1.82, 2.24) is 4.98 Å². The Hall–Kier alpha value is -1.78. The van der Waals surface area contributed by atoms with Gasteiger partial charge in [0, 0.05) is 6.20 Å². The number of amidine groups is 1. The standard InChI is InChI=1S/C10H13N3O2/c11-10(13-14)9-8(5-2-6-12-9)15-7-3-1-4-7/h2,5-7,14H,1,3-4H2,(H2,11,13). The molecule has 1 aliphatic carbocycles. The summed E-state index contributed by atoms with van der Waals surface area (Å²) in [6, 6.07) is 3.54. The second-order valence-corrected chi connectivity index (χ2v) is 3.51. The summed E-state index contributed by atoms with van der Waals surface area (Å²) < 4.78 is 5.67. The fourth-order valence-electron chi connectivity index (χ4n) is 1.39. The molecule has 1 aromatic heterocycles. The zero-order valence-corrected chi connectivity index (χ0v) is 8.26. The third-order valence-corrected chi connectivity index (χ3v) is 2.47. The second kappa shape index (κ2) is 4.16. The number of aromatic nitrogens is 1. The zero-order chi connectivity index (χ0) is 10.7. The number of nitrogens with two attached hydrogens (primary N) is 1. The van der Waals surface area contributed by atoms with Gasteiger partial charge in [-0.15, -0.1) is 0 Å². The lowest BCUT2D eigenvalue weighted by Crippen LogP contribution is -2.26. The van der Waals surface area contributed by atoms with Gasteiger partial charge in [-0.05, 0) is 31.4 Å². The minimum absolute atomic E-state index is 0.0232. The molecule has 0 bridgehead atoms. The molecule has 0 radical (unpaired) electrons. The van der Waals surface area contributed by atoms with Gasteiger partial charge < -0.3 is 15.7 Å². The summed E-state index contributed by atoms with van der Waals surface area (Å²) in [5.74, 6) is 0.558. The van der Waals surface area contributed by atoms with E-state index in [2.05, 4.69) is 10.1 Å². The molecule has 80 valence electrons. The Morgan fingerprint density at radius 2 is 2.40 bits per heavy atom. The predicted molar refractivity (Wildman–Crippen MR) is 55.0 cm³/mol. The highest BCUT2D eigenvalue weighted by Crippen LogP contribution is 2.26. The molecule has 5 heteroatoms. The van der Waals surface area contributed by atoms with E-state index >= 15 is 0 Å². The summed E-state index contributed by atoms with van der Waals surface area (Å²) in [5, 5.41) is 11.5. The monoisotopic (exact) mass is 207 g/mol. The highest BCUT2D eigenvalue weighted by atomic mass is 16.5. The normalized spacial score (nSPS) is 17.2. The molecule has 0 saturated heterocycles. The van der Waals surface area contributed by atoms with Gasteiger partial charge in [-0.25, -0.2) is 4.98 Å². The summed E-state index contributed by atoms with van der Waals surface area (Å²) in [7, 11) is 0. The van der Waals surface area contributed by atoms with Crippen LogP contribution in [0, 0.1) is 0 Å². The number of hydrogen-bond acceptors (Lipinski definition) is 4. The van der Waals surface area contributed by atoms with Crippen molar-refractivity contribution in [2.45, 2.75) is 25.4 Å². The fraction of sp³-hybridized carbons (Fsp3) is 0.400. The quantitative estimate of drug-likeness (QED) is 0.336. The summed E-state index contributed by atoms with van der Waals surface area (Å²) in [6.45, 7) is 0. The number of rotatable bonds is 3. The van der Waals surface area contributed by atoms with E-state index in [4.69, 9.17) is 15.7 Å². The van der Waals surface area contributed by atoms with Crippen LogP contribution in [0.5, 0.6) is 5.75 Å². The smallest absolute Gasteiger partial charge is 0.192 e. The lowest BCUT2D eigenvalue weighted by Gasteiger charge is -2.26. The van der Waals surface area contributed by atoms with Crippen molar-refractivity contribution in [2.75, 3.05) is 0 Å². The van der Waals surface area contributed by atoms with Gasteiger partial charge in [0.1, 0.15) is 5.75 Å². The van der Waals surface area contributed by atoms with Crippen LogP contribution in [0.1, 0.15) is 25.0 Å². The number of pyridine rings is 1. The van der Waals surface area contributed by atoms with Crippen molar-refractivity contribution in [1.29, 1.82) is 0 Å². The van der Waals surface area contributed by atoms with Crippen LogP contribution >= 0.6 is 0 Å². The Morgan fingerprint density at radius 3 is 3.00 bits per heavy atom. The van der Waals surface area contributed by atoms with E-state index in [1.54, 1.807) is 18.3 Å². The van der Waals surface area contributed by atoms with Gasteiger partial charge in [0.25, 0.3) is 0 Å². The van der Waals surface area contributed by atoms with E-state index in [0.29, 0.717) is 11.4 Å². The molecule has 2 rings (SSSR count). The van der Waals surface area contributed by atoms with Crippen molar-refractivity contribution < 1.29 is 9.94 Å². The van der Waals surface area contributed by atoms with Crippen molar-refractivity contribution >= 4 is 5.84 Å². The maximum Gasteiger partial charge on any atom is 0.192 e. The Labute approximate surface area is 87.6 Å². The van der Waals surface area contributed by atoms with Crippen LogP contribution in [0.2, 0.25) is 0 Å². The van der Waals surface area contributed by atoms with E-state index in [1.165, 1.54) is 6.42 Å². The predicted octanol–water partition coefficient (Wildman–Crippen LogP) is 1.11. The van der Waals surface area contributed by atoms with Gasteiger partial charge in [0.05, 0.1) is 6.10 Å². The SMILES string of the molecule is N/C(=N/O)c1ncccc1OC1CCC1. The van der Waals surface area contributed by atoms with E-state index in [9.17, 15) is 0 Å². The van der Waals surface area contributed by atoms with Crippen molar-refractivity contribution in [3.8, 4) is 5.75 Å². The Kier molecular flexibility index (Phi) is 2.71. The lowest BCUT2D eigenvalue weighted by molar-refractivity contribution is 0.119. The molecule has 1 heterocycles. The molecule has 15 heavy (non-hydrogen) atoms. The maximum absolute atomic E-state index is 8.59. The molecule has 5 nitrogen and oxygen atoms in total. The largest absolute Gasteiger partial charge is 0.488 e. The first-order valence-electron chi connectivity index (χ1n) is 4.91. The first kappa shape index (κ1) is 9.76. The molecule has 0 spiro atoms. The average Bonchev–Trinajstić information content (AvgIpc) is 2.23. The summed E-state index contributed by atoms with van der Waals surface area (Å²) >= 11 is 0. The van der Waals surface area contributed by atoms with Crippen molar-refractivity contribution in [2.24, 2.45) is 10.9 Å². The number of oxime groups is 1. The third kappa shape index (κ3) is 2.01. The van der Waals surface area contributed by atoms with Crippen LogP contribution in [0.25, 0.3) is 0 Å². The van der Waals surface area contributed by atoms with E-state index < -0.39 is 0 Å². The molecule has 1 aromatic rings. The Balaban J connectivity index is 2.20. The molecule has 3 N–H and O–H groups in total. The lowest BCUT2D eigenvalue weighted by atomic mass is 9.96. The Morgan fingerprint density at radius 1 is 1.60 bits per heavy atom. The van der Waals surface area contributed by atoms with Crippen LogP contribution in [-0.2, 0) is 0 Å². The van der Waals surface area contributed by atoms with Gasteiger partial charge in [-0.3, -0.25) is 0 Å². The summed E-state index contributed by atoms with van der Waals surface area (Å²) in [6.07, 6.45) is 5.15. The first-order chi connectivity index (χ1) is 7.31. The van der Waals surface area contributed by atoms with Gasteiger partial charge in [-0.1, -0.05) is 5.16 Å². The summed E-state index contributed by atoms with van der Waals surface area (Å²) in [5.41, 5.74) is 5.88. The summed E-state index contributed by atoms with van der Waals surface area (Å²) in [4.78, 5) is 4.02. The van der Waals surface area contributed by atoms with E-state index in [1.807, 2.05) is 0 Å². The molecule has 0 aromatic carbocycles. The van der Waals surface area contributed by atoms with Gasteiger partial charge in [0.2, 0.25) is 0 Å². The Bertz CT molecular complexity index is 375. The third-order valence-electron chi connectivity index (χ3n) is 2.47. The molecule has 1 aliphatic rings. The highest BCUT2D eigenvalue weighted by molar-refractivity contribution is 5.97. The second-order valence-electron chi connectivity index (χ2n) is 3.51. The minimum Gasteiger partial charge on any atom is -0.488 e. The number of hydrogen-bond donors (Lipinski definition) is 2. The number of nitrogens with zero attached hydrogens (tertiary/aromatic N) is 2. The van der Waals surface area contributed by atoms with Crippen LogP contribution in [0.3, 0.4) is 0 Å². The van der Waals surface area contributed by atoms with Crippen LogP contribution in [-0.4, -0.2) is 22.1 Å². The molecule has 0 atom stereocenters. The fourth-order valence-corrected chi connectivity index (χ4v) is 1.39. The molecule has 1 fully saturated rings. The highest BCUT2D eigenvalue weighted by Gasteiger charge is 2.21. The maximum atomic E-state index is 8.59. The minimum atomic E-state index is -0.0232. The van der Waals surface area contributed by atoms with E-state index in [-0.39, 0.29) is 11.9 Å². The van der Waals surface area contributed by atoms with Crippen molar-refractivity contribution in [3.05, 3.63) is 24.0 Å². The zero-order valence-electron chi connectivity index (χ0n) is 8.26.